The van der Waals surface area contributed by atoms with Gasteiger partial charge in [0.25, 0.3) is 0 Å². The molecule has 2 aromatic carbocycles. The van der Waals surface area contributed by atoms with E-state index in [1.54, 1.807) is 0 Å². The lowest BCUT2D eigenvalue weighted by Crippen LogP contribution is -2.28. The zero-order valence-corrected chi connectivity index (χ0v) is 15.0. The first-order valence-electron chi connectivity index (χ1n) is 8.36. The number of hydrogen-bond acceptors (Lipinski definition) is 2. The molecule has 2 aromatic rings. The standard InChI is InChI=1S/C16H16O2.2C2H6.B/c1-2-13-11-17-15-10-6-9-14(16(15)18-13)12-7-4-3-5-8-12;2*1-2;/h3-10,13H,2,11H2,1H3;2*1-2H3;/t13-;;;/m0.../s1. The predicted octanol–water partition coefficient (Wildman–Crippen LogP) is 5.58. The lowest BCUT2D eigenvalue weighted by molar-refractivity contribution is 0.0892. The summed E-state index contributed by atoms with van der Waals surface area (Å²) in [5, 5.41) is 0. The van der Waals surface area contributed by atoms with Crippen LogP contribution in [-0.4, -0.2) is 21.1 Å². The van der Waals surface area contributed by atoms with Crippen molar-refractivity contribution in [2.45, 2.75) is 47.1 Å². The maximum absolute atomic E-state index is 6.04. The van der Waals surface area contributed by atoms with Crippen molar-refractivity contribution in [3.05, 3.63) is 48.5 Å². The van der Waals surface area contributed by atoms with Gasteiger partial charge in [-0.15, -0.1) is 0 Å². The van der Waals surface area contributed by atoms with Crippen molar-refractivity contribution in [2.24, 2.45) is 0 Å². The average molecular weight is 311 g/mol. The molecule has 3 heteroatoms. The van der Waals surface area contributed by atoms with Crippen molar-refractivity contribution >= 4 is 8.41 Å². The van der Waals surface area contributed by atoms with Crippen molar-refractivity contribution in [3.63, 3.8) is 0 Å². The molecule has 3 radical (unpaired) electrons. The summed E-state index contributed by atoms with van der Waals surface area (Å²) in [7, 11) is 0. The summed E-state index contributed by atoms with van der Waals surface area (Å²) in [6.45, 7) is 10.8. The molecule has 0 unspecified atom stereocenters. The number of fused-ring (bicyclic) bond motifs is 1. The molecule has 23 heavy (non-hydrogen) atoms. The molecule has 1 aliphatic heterocycles. The fourth-order valence-corrected chi connectivity index (χ4v) is 2.18. The van der Waals surface area contributed by atoms with Crippen LogP contribution in [-0.2, 0) is 0 Å². The molecule has 2 nitrogen and oxygen atoms in total. The summed E-state index contributed by atoms with van der Waals surface area (Å²) >= 11 is 0. The minimum atomic E-state index is 0. The molecule has 0 saturated carbocycles. The lowest BCUT2D eigenvalue weighted by atomic mass is 10.0. The Kier molecular flexibility index (Phi) is 10.7. The van der Waals surface area contributed by atoms with Gasteiger partial charge in [0.2, 0.25) is 0 Å². The summed E-state index contributed by atoms with van der Waals surface area (Å²) in [5.41, 5.74) is 2.26. The molecule has 0 saturated heterocycles. The van der Waals surface area contributed by atoms with Crippen LogP contribution in [0, 0.1) is 0 Å². The van der Waals surface area contributed by atoms with Crippen molar-refractivity contribution < 1.29 is 9.47 Å². The molecule has 0 aromatic heterocycles. The molecule has 0 fully saturated rings. The SMILES string of the molecule is CC.CC.CC[C@H]1COc2cccc(-c3ccccc3)c2O1.[B]. The van der Waals surface area contributed by atoms with Gasteiger partial charge < -0.3 is 9.47 Å². The van der Waals surface area contributed by atoms with Gasteiger partial charge in [-0.1, -0.05) is 77.1 Å². The van der Waals surface area contributed by atoms with Crippen molar-refractivity contribution in [1.29, 1.82) is 0 Å². The maximum atomic E-state index is 6.04. The Morgan fingerprint density at radius 3 is 2.17 bits per heavy atom. The van der Waals surface area contributed by atoms with Gasteiger partial charge in [0, 0.05) is 14.0 Å². The fourth-order valence-electron chi connectivity index (χ4n) is 2.18. The Morgan fingerprint density at radius 2 is 1.57 bits per heavy atom. The third-order valence-electron chi connectivity index (χ3n) is 3.23. The molecule has 0 N–H and O–H groups in total. The molecule has 0 aliphatic carbocycles. The van der Waals surface area contributed by atoms with Crippen LogP contribution >= 0.6 is 0 Å². The Hall–Kier alpha value is -1.90. The van der Waals surface area contributed by atoms with E-state index in [9.17, 15) is 0 Å². The zero-order chi connectivity index (χ0) is 16.4. The first kappa shape index (κ1) is 21.1. The molecule has 0 bridgehead atoms. The highest BCUT2D eigenvalue weighted by molar-refractivity contribution is 5.75. The van der Waals surface area contributed by atoms with E-state index in [2.05, 4.69) is 25.1 Å². The number of ether oxygens (including phenoxy) is 2. The van der Waals surface area contributed by atoms with Crippen LogP contribution in [0.3, 0.4) is 0 Å². The average Bonchev–Trinajstić information content (AvgIpc) is 2.65. The van der Waals surface area contributed by atoms with E-state index >= 15 is 0 Å². The summed E-state index contributed by atoms with van der Waals surface area (Å²) < 4.78 is 11.8. The Morgan fingerprint density at radius 1 is 0.913 bits per heavy atom. The number of hydrogen-bond donors (Lipinski definition) is 0. The Balaban J connectivity index is 0.000000901. The van der Waals surface area contributed by atoms with Crippen LogP contribution in [0.1, 0.15) is 41.0 Å². The largest absolute Gasteiger partial charge is 0.486 e. The second-order valence-electron chi connectivity index (χ2n) is 4.46. The van der Waals surface area contributed by atoms with Gasteiger partial charge in [0.05, 0.1) is 0 Å². The zero-order valence-electron chi connectivity index (χ0n) is 15.0. The van der Waals surface area contributed by atoms with Crippen molar-refractivity contribution in [3.8, 4) is 22.6 Å². The normalized spacial score (nSPS) is 14.2. The van der Waals surface area contributed by atoms with E-state index in [4.69, 9.17) is 9.47 Å². The van der Waals surface area contributed by atoms with E-state index in [1.807, 2.05) is 58.0 Å². The first-order valence-corrected chi connectivity index (χ1v) is 8.36. The Bertz CT molecular complexity index is 541. The molecule has 0 spiro atoms. The van der Waals surface area contributed by atoms with Gasteiger partial charge >= 0.3 is 0 Å². The maximum Gasteiger partial charge on any atom is 0.169 e. The summed E-state index contributed by atoms with van der Waals surface area (Å²) in [4.78, 5) is 0. The molecule has 0 amide bonds. The van der Waals surface area contributed by atoms with Gasteiger partial charge in [-0.3, -0.25) is 0 Å². The molecular formula is C20H28BO2. The topological polar surface area (TPSA) is 18.5 Å². The molecule has 1 aliphatic rings. The van der Waals surface area contributed by atoms with Gasteiger partial charge in [0.1, 0.15) is 12.7 Å². The molecule has 123 valence electrons. The van der Waals surface area contributed by atoms with Gasteiger partial charge in [-0.2, -0.15) is 0 Å². The van der Waals surface area contributed by atoms with Gasteiger partial charge in [-0.05, 0) is 18.1 Å². The van der Waals surface area contributed by atoms with Gasteiger partial charge in [-0.25, -0.2) is 0 Å². The minimum absolute atomic E-state index is 0. The highest BCUT2D eigenvalue weighted by atomic mass is 16.6. The molecule has 1 atom stereocenters. The summed E-state index contributed by atoms with van der Waals surface area (Å²) in [5.74, 6) is 1.72. The summed E-state index contributed by atoms with van der Waals surface area (Å²) in [6, 6.07) is 16.3. The van der Waals surface area contributed by atoms with E-state index in [0.29, 0.717) is 6.61 Å². The van der Waals surface area contributed by atoms with Crippen LogP contribution in [0.2, 0.25) is 0 Å². The number of rotatable bonds is 2. The number of para-hydroxylation sites is 1. The van der Waals surface area contributed by atoms with E-state index < -0.39 is 0 Å². The minimum Gasteiger partial charge on any atom is -0.486 e. The molecular weight excluding hydrogens is 283 g/mol. The monoisotopic (exact) mass is 311 g/mol. The van der Waals surface area contributed by atoms with Crippen LogP contribution in [0.25, 0.3) is 11.1 Å². The molecule has 1 heterocycles. The van der Waals surface area contributed by atoms with Crippen LogP contribution < -0.4 is 9.47 Å². The second-order valence-corrected chi connectivity index (χ2v) is 4.46. The van der Waals surface area contributed by atoms with E-state index in [1.165, 1.54) is 0 Å². The Labute approximate surface area is 143 Å². The van der Waals surface area contributed by atoms with E-state index in [-0.39, 0.29) is 14.5 Å². The first-order chi connectivity index (χ1) is 10.9. The third kappa shape index (κ3) is 5.35. The van der Waals surface area contributed by atoms with Gasteiger partial charge in [0.15, 0.2) is 11.5 Å². The smallest absolute Gasteiger partial charge is 0.169 e. The van der Waals surface area contributed by atoms with Crippen LogP contribution in [0.4, 0.5) is 0 Å². The number of benzene rings is 2. The van der Waals surface area contributed by atoms with Crippen LogP contribution in [0.15, 0.2) is 48.5 Å². The summed E-state index contributed by atoms with van der Waals surface area (Å²) in [6.07, 6.45) is 1.12. The highest BCUT2D eigenvalue weighted by Gasteiger charge is 2.22. The lowest BCUT2D eigenvalue weighted by Gasteiger charge is -2.27. The second kappa shape index (κ2) is 11.6. The van der Waals surface area contributed by atoms with Crippen LogP contribution in [0.5, 0.6) is 11.5 Å². The van der Waals surface area contributed by atoms with Crippen molar-refractivity contribution in [1.82, 2.24) is 0 Å². The quantitative estimate of drug-likeness (QED) is 0.675. The third-order valence-corrected chi connectivity index (χ3v) is 3.23. The highest BCUT2D eigenvalue weighted by Crippen LogP contribution is 2.41. The predicted molar refractivity (Wildman–Crippen MR) is 101 cm³/mol. The van der Waals surface area contributed by atoms with E-state index in [0.717, 1.165) is 29.0 Å². The van der Waals surface area contributed by atoms with Crippen molar-refractivity contribution in [2.75, 3.05) is 6.61 Å². The molecule has 3 rings (SSSR count). The fraction of sp³-hybridized carbons (Fsp3) is 0.400.